The van der Waals surface area contributed by atoms with E-state index >= 15 is 0 Å². The molecule has 0 radical (unpaired) electrons. The van der Waals surface area contributed by atoms with Crippen LogP contribution in [-0.2, 0) is 6.54 Å². The lowest BCUT2D eigenvalue weighted by Gasteiger charge is -2.20. The van der Waals surface area contributed by atoms with Crippen molar-refractivity contribution >= 4 is 26.8 Å². The molecule has 4 heteroatoms. The van der Waals surface area contributed by atoms with Crippen LogP contribution in [0.5, 0.6) is 11.5 Å². The molecular weight excluding hydrogens is 282 g/mol. The lowest BCUT2D eigenvalue weighted by atomic mass is 10.2. The highest BCUT2D eigenvalue weighted by atomic mass is 79.9. The van der Waals surface area contributed by atoms with Gasteiger partial charge in [-0.1, -0.05) is 6.92 Å². The number of halogens is 1. The van der Waals surface area contributed by atoms with Gasteiger partial charge >= 0.3 is 0 Å². The first-order valence-electron chi connectivity index (χ1n) is 5.88. The van der Waals surface area contributed by atoms with Gasteiger partial charge in [0.2, 0.25) is 0 Å². The van der Waals surface area contributed by atoms with E-state index in [0.29, 0.717) is 13.2 Å². The van der Waals surface area contributed by atoms with Crippen molar-refractivity contribution in [2.75, 3.05) is 13.2 Å². The Hall–Kier alpha value is -1.16. The van der Waals surface area contributed by atoms with Crippen molar-refractivity contribution in [1.82, 2.24) is 4.57 Å². The van der Waals surface area contributed by atoms with Crippen LogP contribution in [0.15, 0.2) is 22.8 Å². The fourth-order valence-corrected chi connectivity index (χ4v) is 2.93. The predicted molar refractivity (Wildman–Crippen MR) is 70.9 cm³/mol. The van der Waals surface area contributed by atoms with E-state index in [2.05, 4.69) is 39.7 Å². The average molecular weight is 296 g/mol. The van der Waals surface area contributed by atoms with E-state index in [1.165, 1.54) is 5.52 Å². The molecule has 1 aromatic carbocycles. The Bertz CT molecular complexity index is 562. The summed E-state index contributed by atoms with van der Waals surface area (Å²) in [6.07, 6.45) is 3.22. The van der Waals surface area contributed by atoms with Crippen LogP contribution >= 0.6 is 15.9 Å². The highest BCUT2D eigenvalue weighted by Gasteiger charge is 2.19. The summed E-state index contributed by atoms with van der Waals surface area (Å²) < 4.78 is 14.7. The van der Waals surface area contributed by atoms with Crippen LogP contribution in [0.1, 0.15) is 13.3 Å². The summed E-state index contributed by atoms with van der Waals surface area (Å²) in [4.78, 5) is 0. The van der Waals surface area contributed by atoms with Gasteiger partial charge in [-0.15, -0.1) is 0 Å². The molecule has 17 heavy (non-hydrogen) atoms. The first-order valence-corrected chi connectivity index (χ1v) is 6.67. The first-order chi connectivity index (χ1) is 8.31. The maximum Gasteiger partial charge on any atom is 0.170 e. The second kappa shape index (κ2) is 4.26. The van der Waals surface area contributed by atoms with Crippen molar-refractivity contribution in [2.24, 2.45) is 0 Å². The number of aromatic nitrogens is 1. The monoisotopic (exact) mass is 295 g/mol. The molecular formula is C13H14BrNO2. The van der Waals surface area contributed by atoms with Crippen molar-refractivity contribution < 1.29 is 9.47 Å². The summed E-state index contributed by atoms with van der Waals surface area (Å²) in [5.41, 5.74) is 1.19. The zero-order valence-corrected chi connectivity index (χ0v) is 11.3. The number of rotatable bonds is 2. The maximum atomic E-state index is 5.72. The molecule has 0 saturated heterocycles. The molecule has 0 atom stereocenters. The maximum absolute atomic E-state index is 5.72. The van der Waals surface area contributed by atoms with E-state index in [4.69, 9.17) is 9.47 Å². The number of benzene rings is 1. The summed E-state index contributed by atoms with van der Waals surface area (Å²) in [5.74, 6) is 1.72. The van der Waals surface area contributed by atoms with Crippen LogP contribution in [-0.4, -0.2) is 17.8 Å². The highest BCUT2D eigenvalue weighted by Crippen LogP contribution is 2.42. The van der Waals surface area contributed by atoms with Crippen LogP contribution in [0.25, 0.3) is 10.9 Å². The third-order valence-electron chi connectivity index (χ3n) is 2.97. The largest absolute Gasteiger partial charge is 0.486 e. The molecule has 0 fully saturated rings. The molecule has 1 aromatic heterocycles. The van der Waals surface area contributed by atoms with Crippen molar-refractivity contribution in [3.8, 4) is 11.5 Å². The Balaban J connectivity index is 2.25. The molecule has 0 N–H and O–H groups in total. The summed E-state index contributed by atoms with van der Waals surface area (Å²) in [7, 11) is 0. The van der Waals surface area contributed by atoms with Gasteiger partial charge in [0.05, 0.1) is 5.52 Å². The van der Waals surface area contributed by atoms with E-state index < -0.39 is 0 Å². The second-order valence-corrected chi connectivity index (χ2v) is 5.01. The van der Waals surface area contributed by atoms with Gasteiger partial charge in [-0.25, -0.2) is 0 Å². The summed E-state index contributed by atoms with van der Waals surface area (Å²) in [6, 6.07) is 4.10. The molecule has 3 rings (SSSR count). The van der Waals surface area contributed by atoms with Gasteiger partial charge in [-0.05, 0) is 28.4 Å². The molecule has 2 heterocycles. The Morgan fingerprint density at radius 3 is 3.00 bits per heavy atom. The molecule has 0 saturated carbocycles. The molecule has 90 valence electrons. The second-order valence-electron chi connectivity index (χ2n) is 4.15. The van der Waals surface area contributed by atoms with Crippen molar-refractivity contribution in [3.63, 3.8) is 0 Å². The fourth-order valence-electron chi connectivity index (χ4n) is 2.28. The Kier molecular flexibility index (Phi) is 2.74. The van der Waals surface area contributed by atoms with Crippen molar-refractivity contribution in [3.05, 3.63) is 22.8 Å². The van der Waals surface area contributed by atoms with Crippen LogP contribution in [0.3, 0.4) is 0 Å². The number of hydrogen-bond acceptors (Lipinski definition) is 2. The first kappa shape index (κ1) is 11.0. The van der Waals surface area contributed by atoms with Crippen molar-refractivity contribution in [1.29, 1.82) is 0 Å². The van der Waals surface area contributed by atoms with Gasteiger partial charge in [0.25, 0.3) is 0 Å². The van der Waals surface area contributed by atoms with E-state index in [1.807, 2.05) is 6.07 Å². The zero-order chi connectivity index (χ0) is 11.8. The third-order valence-corrected chi connectivity index (χ3v) is 3.57. The fraction of sp³-hybridized carbons (Fsp3) is 0.385. The van der Waals surface area contributed by atoms with Crippen LogP contribution in [0.4, 0.5) is 0 Å². The van der Waals surface area contributed by atoms with Crippen molar-refractivity contribution in [2.45, 2.75) is 19.9 Å². The summed E-state index contributed by atoms with van der Waals surface area (Å²) in [5, 5.41) is 1.13. The standard InChI is InChI=1S/C13H14BrNO2/c1-2-4-15-5-3-9-12(15)10(14)8-11-13(9)17-7-6-16-11/h3,5,8H,2,4,6-7H2,1H3. The molecule has 0 aliphatic carbocycles. The van der Waals surface area contributed by atoms with Gasteiger partial charge in [-0.2, -0.15) is 0 Å². The van der Waals surface area contributed by atoms with Gasteiger partial charge in [0.15, 0.2) is 11.5 Å². The van der Waals surface area contributed by atoms with Crippen LogP contribution in [0, 0.1) is 0 Å². The van der Waals surface area contributed by atoms with Crippen LogP contribution in [0.2, 0.25) is 0 Å². The Morgan fingerprint density at radius 1 is 1.35 bits per heavy atom. The summed E-state index contributed by atoms with van der Waals surface area (Å²) in [6.45, 7) is 4.45. The summed E-state index contributed by atoms with van der Waals surface area (Å²) >= 11 is 3.62. The third kappa shape index (κ3) is 1.71. The normalized spacial score (nSPS) is 14.2. The number of fused-ring (bicyclic) bond motifs is 3. The van der Waals surface area contributed by atoms with Gasteiger partial charge in [-0.3, -0.25) is 0 Å². The number of ether oxygens (including phenoxy) is 2. The quantitative estimate of drug-likeness (QED) is 0.845. The smallest absolute Gasteiger partial charge is 0.170 e. The predicted octanol–water partition coefficient (Wildman–Crippen LogP) is 3.59. The molecule has 2 aromatic rings. The SMILES string of the molecule is CCCn1ccc2c3c(cc(Br)c21)OCCO3. The van der Waals surface area contributed by atoms with Gasteiger partial charge in [0, 0.05) is 28.7 Å². The van der Waals surface area contributed by atoms with Crippen LogP contribution < -0.4 is 9.47 Å². The molecule has 0 spiro atoms. The Labute approximate surface area is 108 Å². The highest BCUT2D eigenvalue weighted by molar-refractivity contribution is 9.10. The molecule has 0 bridgehead atoms. The van der Waals surface area contributed by atoms with E-state index in [-0.39, 0.29) is 0 Å². The molecule has 3 nitrogen and oxygen atoms in total. The average Bonchev–Trinajstić information content (AvgIpc) is 2.75. The molecule has 0 unspecified atom stereocenters. The molecule has 0 amide bonds. The van der Waals surface area contributed by atoms with E-state index in [0.717, 1.165) is 34.3 Å². The minimum atomic E-state index is 0.626. The number of aryl methyl sites for hydroxylation is 1. The number of hydrogen-bond donors (Lipinski definition) is 0. The minimum absolute atomic E-state index is 0.626. The molecule has 1 aliphatic heterocycles. The lowest BCUT2D eigenvalue weighted by molar-refractivity contribution is 0.174. The van der Waals surface area contributed by atoms with Gasteiger partial charge in [0.1, 0.15) is 13.2 Å². The van der Waals surface area contributed by atoms with Gasteiger partial charge < -0.3 is 14.0 Å². The zero-order valence-electron chi connectivity index (χ0n) is 9.70. The molecule has 1 aliphatic rings. The van der Waals surface area contributed by atoms with E-state index in [1.54, 1.807) is 0 Å². The Morgan fingerprint density at radius 2 is 2.18 bits per heavy atom. The lowest BCUT2D eigenvalue weighted by Crippen LogP contribution is -2.15. The minimum Gasteiger partial charge on any atom is -0.486 e. The number of nitrogens with zero attached hydrogens (tertiary/aromatic N) is 1. The van der Waals surface area contributed by atoms with E-state index in [9.17, 15) is 0 Å². The topological polar surface area (TPSA) is 23.4 Å².